The van der Waals surface area contributed by atoms with E-state index in [0.717, 1.165) is 6.42 Å². The summed E-state index contributed by atoms with van der Waals surface area (Å²) >= 11 is 0. The highest BCUT2D eigenvalue weighted by atomic mass is 32.2. The van der Waals surface area contributed by atoms with Crippen LogP contribution in [0.3, 0.4) is 0 Å². The van der Waals surface area contributed by atoms with Crippen molar-refractivity contribution in [2.45, 2.75) is 25.0 Å². The summed E-state index contributed by atoms with van der Waals surface area (Å²) in [6.07, 6.45) is 1.55. The number of hydrogen-bond acceptors (Lipinski definition) is 4. The summed E-state index contributed by atoms with van der Waals surface area (Å²) in [6.45, 7) is 4.03. The van der Waals surface area contributed by atoms with Crippen LogP contribution in [0.15, 0.2) is 0 Å². The van der Waals surface area contributed by atoms with Crippen LogP contribution < -0.4 is 16.0 Å². The first kappa shape index (κ1) is 13.6. The molecule has 2 fully saturated rings. The molecule has 2 atom stereocenters. The number of fused-ring (bicyclic) bond motifs is 1. The quantitative estimate of drug-likeness (QED) is 0.646. The minimum absolute atomic E-state index is 0.222. The van der Waals surface area contributed by atoms with Crippen LogP contribution in [0.25, 0.3) is 0 Å². The molecule has 0 bridgehead atoms. The van der Waals surface area contributed by atoms with E-state index in [-0.39, 0.29) is 22.4 Å². The van der Waals surface area contributed by atoms with Gasteiger partial charge in [0.1, 0.15) is 0 Å². The first-order chi connectivity index (χ1) is 8.50. The van der Waals surface area contributed by atoms with Crippen molar-refractivity contribution in [1.82, 2.24) is 16.0 Å². The van der Waals surface area contributed by atoms with Crippen LogP contribution >= 0.6 is 0 Å². The molecule has 104 valence electrons. The number of amides is 2. The molecule has 7 heteroatoms. The van der Waals surface area contributed by atoms with Gasteiger partial charge in [0.15, 0.2) is 9.84 Å². The zero-order valence-electron chi connectivity index (χ0n) is 10.7. The van der Waals surface area contributed by atoms with Crippen molar-refractivity contribution in [3.05, 3.63) is 0 Å². The molecule has 2 aliphatic rings. The summed E-state index contributed by atoms with van der Waals surface area (Å²) in [7, 11) is -3.01. The summed E-state index contributed by atoms with van der Waals surface area (Å²) in [5.74, 6) is 0.280. The van der Waals surface area contributed by atoms with E-state index in [9.17, 15) is 13.2 Å². The number of rotatable bonds is 3. The summed E-state index contributed by atoms with van der Waals surface area (Å²) in [5, 5.41) is 8.28. The van der Waals surface area contributed by atoms with Crippen LogP contribution in [-0.4, -0.2) is 51.6 Å². The van der Waals surface area contributed by atoms with Gasteiger partial charge in [0.05, 0.1) is 11.0 Å². The highest BCUT2D eigenvalue weighted by Crippen LogP contribution is 2.39. The fraction of sp³-hybridized carbons (Fsp3) is 0.909. The fourth-order valence-electron chi connectivity index (χ4n) is 3.05. The molecule has 2 aliphatic heterocycles. The predicted octanol–water partition coefficient (Wildman–Crippen LogP) is -0.528. The average molecular weight is 275 g/mol. The Kier molecular flexibility index (Phi) is 3.82. The van der Waals surface area contributed by atoms with Gasteiger partial charge in [-0.2, -0.15) is 0 Å². The molecule has 0 aromatic rings. The van der Waals surface area contributed by atoms with E-state index < -0.39 is 9.84 Å². The van der Waals surface area contributed by atoms with Crippen LogP contribution in [0.4, 0.5) is 4.79 Å². The predicted molar refractivity (Wildman–Crippen MR) is 69.2 cm³/mol. The lowest BCUT2D eigenvalue weighted by Gasteiger charge is -2.38. The first-order valence-electron chi connectivity index (χ1n) is 6.44. The number of urea groups is 1. The van der Waals surface area contributed by atoms with Crippen molar-refractivity contribution in [3.8, 4) is 0 Å². The molecule has 0 saturated carbocycles. The van der Waals surface area contributed by atoms with Crippen LogP contribution in [0.1, 0.15) is 19.8 Å². The second-order valence-electron chi connectivity index (χ2n) is 5.17. The summed E-state index contributed by atoms with van der Waals surface area (Å²) in [6, 6.07) is -0.222. The number of nitrogens with one attached hydrogen (secondary N) is 3. The van der Waals surface area contributed by atoms with Crippen molar-refractivity contribution in [2.75, 3.05) is 31.9 Å². The molecule has 2 unspecified atom stereocenters. The smallest absolute Gasteiger partial charge is 0.314 e. The highest BCUT2D eigenvalue weighted by molar-refractivity contribution is 7.92. The van der Waals surface area contributed by atoms with Gasteiger partial charge in [-0.05, 0) is 19.8 Å². The van der Waals surface area contributed by atoms with Gasteiger partial charge in [0.25, 0.3) is 0 Å². The fourth-order valence-corrected chi connectivity index (χ4v) is 5.30. The van der Waals surface area contributed by atoms with Crippen molar-refractivity contribution in [1.29, 1.82) is 0 Å². The zero-order valence-corrected chi connectivity index (χ0v) is 11.5. The summed E-state index contributed by atoms with van der Waals surface area (Å²) < 4.78 is 24.1. The molecule has 0 radical (unpaired) electrons. The Balaban J connectivity index is 2.06. The summed E-state index contributed by atoms with van der Waals surface area (Å²) in [5.41, 5.74) is -0.317. The van der Waals surface area contributed by atoms with Gasteiger partial charge in [-0.3, -0.25) is 0 Å². The molecule has 0 aromatic carbocycles. The first-order valence-corrected chi connectivity index (χ1v) is 8.16. The summed E-state index contributed by atoms with van der Waals surface area (Å²) in [4.78, 5) is 11.4. The maximum Gasteiger partial charge on any atom is 0.314 e. The zero-order chi connectivity index (χ0) is 13.2. The van der Waals surface area contributed by atoms with Crippen LogP contribution in [0, 0.1) is 5.41 Å². The van der Waals surface area contributed by atoms with E-state index in [1.165, 1.54) is 0 Å². The van der Waals surface area contributed by atoms with Crippen molar-refractivity contribution < 1.29 is 13.2 Å². The van der Waals surface area contributed by atoms with Crippen molar-refractivity contribution in [3.63, 3.8) is 0 Å². The highest BCUT2D eigenvalue weighted by Gasteiger charge is 2.51. The molecule has 6 nitrogen and oxygen atoms in total. The van der Waals surface area contributed by atoms with Gasteiger partial charge in [-0.25, -0.2) is 13.2 Å². The normalized spacial score (nSPS) is 33.7. The van der Waals surface area contributed by atoms with Gasteiger partial charge in [-0.15, -0.1) is 0 Å². The molecule has 0 aliphatic carbocycles. The number of sulfone groups is 1. The van der Waals surface area contributed by atoms with E-state index in [0.29, 0.717) is 32.6 Å². The third kappa shape index (κ3) is 2.47. The molecule has 0 spiro atoms. The Labute approximate surface area is 108 Å². The molecule has 3 N–H and O–H groups in total. The standard InChI is InChI=1S/C11H21N3O3S/c1-2-13-10(15)14-8-11-4-3-5-18(16,17)9(11)6-12-7-11/h9,12H,2-8H2,1H3,(H2,13,14,15). The third-order valence-electron chi connectivity index (χ3n) is 3.97. The lowest BCUT2D eigenvalue weighted by Crippen LogP contribution is -2.52. The SMILES string of the molecule is CCNC(=O)NCC12CCCS(=O)(=O)C1CNC2. The van der Waals surface area contributed by atoms with Crippen LogP contribution in [-0.2, 0) is 9.84 Å². The number of carbonyl (C=O) groups excluding carboxylic acids is 1. The Morgan fingerprint density at radius 3 is 2.94 bits per heavy atom. The van der Waals surface area contributed by atoms with Gasteiger partial charge < -0.3 is 16.0 Å². The van der Waals surface area contributed by atoms with Gasteiger partial charge >= 0.3 is 6.03 Å². The lowest BCUT2D eigenvalue weighted by molar-refractivity contribution is 0.225. The average Bonchev–Trinajstić information content (AvgIpc) is 2.72. The molecular formula is C11H21N3O3S. The minimum Gasteiger partial charge on any atom is -0.338 e. The molecule has 18 heavy (non-hydrogen) atoms. The molecule has 2 rings (SSSR count). The second-order valence-corrected chi connectivity index (χ2v) is 7.47. The minimum atomic E-state index is -3.01. The molecule has 0 aromatic heterocycles. The van der Waals surface area contributed by atoms with E-state index in [2.05, 4.69) is 16.0 Å². The Morgan fingerprint density at radius 1 is 1.44 bits per heavy atom. The topological polar surface area (TPSA) is 87.3 Å². The van der Waals surface area contributed by atoms with Crippen molar-refractivity contribution >= 4 is 15.9 Å². The van der Waals surface area contributed by atoms with E-state index in [4.69, 9.17) is 0 Å². The molecular weight excluding hydrogens is 254 g/mol. The number of carbonyl (C=O) groups is 1. The van der Waals surface area contributed by atoms with E-state index >= 15 is 0 Å². The monoisotopic (exact) mass is 275 g/mol. The Hall–Kier alpha value is -0.820. The van der Waals surface area contributed by atoms with Crippen LogP contribution in [0.2, 0.25) is 0 Å². The van der Waals surface area contributed by atoms with Crippen molar-refractivity contribution in [2.24, 2.45) is 5.41 Å². The molecule has 2 amide bonds. The van der Waals surface area contributed by atoms with Gasteiger partial charge in [0.2, 0.25) is 0 Å². The number of hydrogen-bond donors (Lipinski definition) is 3. The third-order valence-corrected chi connectivity index (χ3v) is 6.36. The van der Waals surface area contributed by atoms with Gasteiger partial charge in [0, 0.05) is 31.6 Å². The maximum atomic E-state index is 12.1. The lowest BCUT2D eigenvalue weighted by atomic mass is 9.81. The van der Waals surface area contributed by atoms with E-state index in [1.807, 2.05) is 6.92 Å². The van der Waals surface area contributed by atoms with E-state index in [1.54, 1.807) is 0 Å². The van der Waals surface area contributed by atoms with Crippen LogP contribution in [0.5, 0.6) is 0 Å². The van der Waals surface area contributed by atoms with Gasteiger partial charge in [-0.1, -0.05) is 0 Å². The Bertz CT molecular complexity index is 423. The Morgan fingerprint density at radius 2 is 2.22 bits per heavy atom. The maximum absolute atomic E-state index is 12.1. The molecule has 2 saturated heterocycles. The largest absolute Gasteiger partial charge is 0.338 e. The molecule has 2 heterocycles. The second kappa shape index (κ2) is 5.05.